The van der Waals surface area contributed by atoms with Crippen LogP contribution in [-0.4, -0.2) is 69.9 Å². The third-order valence-electron chi connectivity index (χ3n) is 6.29. The minimum atomic E-state index is 0.309. The maximum Gasteiger partial charge on any atom is 0.191 e. The van der Waals surface area contributed by atoms with Crippen LogP contribution in [0.2, 0.25) is 0 Å². The van der Waals surface area contributed by atoms with Gasteiger partial charge in [-0.05, 0) is 42.8 Å². The van der Waals surface area contributed by atoms with E-state index >= 15 is 0 Å². The van der Waals surface area contributed by atoms with Crippen molar-refractivity contribution in [3.63, 3.8) is 0 Å². The first-order chi connectivity index (χ1) is 15.2. The van der Waals surface area contributed by atoms with Gasteiger partial charge in [0, 0.05) is 45.8 Å². The van der Waals surface area contributed by atoms with E-state index in [2.05, 4.69) is 74.1 Å². The molecule has 2 aliphatic heterocycles. The van der Waals surface area contributed by atoms with Crippen LogP contribution >= 0.6 is 11.3 Å². The summed E-state index contributed by atoms with van der Waals surface area (Å²) in [6, 6.07) is 14.0. The molecule has 2 fully saturated rings. The van der Waals surface area contributed by atoms with Gasteiger partial charge in [-0.25, -0.2) is 0 Å². The van der Waals surface area contributed by atoms with Gasteiger partial charge in [-0.1, -0.05) is 29.8 Å². The number of morpholine rings is 1. The number of hydrogen-bond donors (Lipinski definition) is 2. The van der Waals surface area contributed by atoms with Crippen molar-refractivity contribution in [3.05, 3.63) is 52.9 Å². The van der Waals surface area contributed by atoms with Gasteiger partial charge in [-0.15, -0.1) is 11.3 Å². The Morgan fingerprint density at radius 3 is 2.52 bits per heavy atom. The van der Waals surface area contributed by atoms with Crippen LogP contribution in [0.25, 0.3) is 0 Å². The predicted molar refractivity (Wildman–Crippen MR) is 130 cm³/mol. The molecule has 1 atom stereocenters. The average Bonchev–Trinajstić information content (AvgIpc) is 3.36. The van der Waals surface area contributed by atoms with E-state index in [9.17, 15) is 0 Å². The number of guanidine groups is 1. The molecular weight excluding hydrogens is 406 g/mol. The molecule has 1 aromatic heterocycles. The molecule has 0 spiro atoms. The quantitative estimate of drug-likeness (QED) is 0.532. The molecule has 4 rings (SSSR count). The molecule has 2 aromatic rings. The van der Waals surface area contributed by atoms with E-state index < -0.39 is 0 Å². The van der Waals surface area contributed by atoms with Gasteiger partial charge in [0.05, 0.1) is 24.3 Å². The van der Waals surface area contributed by atoms with Crippen molar-refractivity contribution in [1.82, 2.24) is 15.5 Å². The monoisotopic (exact) mass is 441 g/mol. The number of nitrogens with zero attached hydrogens (tertiary/aromatic N) is 3. The van der Waals surface area contributed by atoms with Gasteiger partial charge in [0.1, 0.15) is 0 Å². The van der Waals surface area contributed by atoms with Crippen molar-refractivity contribution in [2.45, 2.75) is 31.8 Å². The van der Waals surface area contributed by atoms with Crippen molar-refractivity contribution in [1.29, 1.82) is 0 Å². The standard InChI is InChI=1S/C24H35N5OS/c1-19-5-7-20(8-6-19)22(28-13-15-30-16-14-28)18-26-24(25-2)27-21-9-11-29(12-10-21)23-4-3-17-31-23/h3-8,17,21-22H,9-16,18H2,1-2H3,(H2,25,26,27). The Morgan fingerprint density at radius 2 is 1.87 bits per heavy atom. The van der Waals surface area contributed by atoms with Gasteiger partial charge in [0.2, 0.25) is 0 Å². The molecule has 3 heterocycles. The van der Waals surface area contributed by atoms with Crippen LogP contribution in [0, 0.1) is 6.92 Å². The van der Waals surface area contributed by atoms with Gasteiger partial charge < -0.3 is 20.3 Å². The number of hydrogen-bond acceptors (Lipinski definition) is 5. The molecule has 0 radical (unpaired) electrons. The summed E-state index contributed by atoms with van der Waals surface area (Å²) in [6.07, 6.45) is 2.26. The molecular formula is C24H35N5OS. The summed E-state index contributed by atoms with van der Waals surface area (Å²) in [6.45, 7) is 8.69. The molecule has 1 unspecified atom stereocenters. The summed E-state index contributed by atoms with van der Waals surface area (Å²) in [4.78, 5) is 9.53. The van der Waals surface area contributed by atoms with Crippen LogP contribution in [0.15, 0.2) is 46.8 Å². The smallest absolute Gasteiger partial charge is 0.191 e. The number of piperidine rings is 1. The van der Waals surface area contributed by atoms with E-state index in [-0.39, 0.29) is 0 Å². The highest BCUT2D eigenvalue weighted by Gasteiger charge is 2.24. The van der Waals surface area contributed by atoms with Crippen LogP contribution in [0.4, 0.5) is 5.00 Å². The first kappa shape index (κ1) is 22.1. The average molecular weight is 442 g/mol. The molecule has 2 N–H and O–H groups in total. The second-order valence-electron chi connectivity index (χ2n) is 8.38. The van der Waals surface area contributed by atoms with Gasteiger partial charge >= 0.3 is 0 Å². The van der Waals surface area contributed by atoms with E-state index in [1.165, 1.54) is 16.1 Å². The Labute approximate surface area is 190 Å². The number of nitrogens with one attached hydrogen (secondary N) is 2. The Morgan fingerprint density at radius 1 is 1.13 bits per heavy atom. The molecule has 6 nitrogen and oxygen atoms in total. The van der Waals surface area contributed by atoms with E-state index in [0.717, 1.165) is 64.7 Å². The number of benzene rings is 1. The Bertz CT molecular complexity index is 809. The molecule has 0 saturated carbocycles. The summed E-state index contributed by atoms with van der Waals surface area (Å²) in [5.74, 6) is 0.903. The summed E-state index contributed by atoms with van der Waals surface area (Å²) in [5, 5.41) is 10.8. The molecule has 7 heteroatoms. The van der Waals surface area contributed by atoms with Crippen molar-refractivity contribution >= 4 is 22.3 Å². The Balaban J connectivity index is 1.32. The fraction of sp³-hybridized carbons (Fsp3) is 0.542. The minimum Gasteiger partial charge on any atom is -0.379 e. The predicted octanol–water partition coefficient (Wildman–Crippen LogP) is 3.26. The third kappa shape index (κ3) is 5.99. The van der Waals surface area contributed by atoms with Crippen LogP contribution in [-0.2, 0) is 4.74 Å². The number of aryl methyl sites for hydroxylation is 1. The summed E-state index contributed by atoms with van der Waals surface area (Å²) in [7, 11) is 1.87. The SMILES string of the molecule is CN=C(NCC(c1ccc(C)cc1)N1CCOCC1)NC1CCN(c2cccs2)CC1. The fourth-order valence-corrected chi connectivity index (χ4v) is 5.20. The highest BCUT2D eigenvalue weighted by atomic mass is 32.1. The zero-order chi connectivity index (χ0) is 21.5. The second-order valence-corrected chi connectivity index (χ2v) is 9.31. The molecule has 1 aromatic carbocycles. The number of rotatable bonds is 6. The number of anilines is 1. The van der Waals surface area contributed by atoms with E-state index in [1.54, 1.807) is 0 Å². The second kappa shape index (κ2) is 11.0. The molecule has 31 heavy (non-hydrogen) atoms. The molecule has 2 aliphatic rings. The molecule has 168 valence electrons. The Kier molecular flexibility index (Phi) is 7.83. The topological polar surface area (TPSA) is 52.1 Å². The summed E-state index contributed by atoms with van der Waals surface area (Å²) in [5.41, 5.74) is 2.64. The highest BCUT2D eigenvalue weighted by Crippen LogP contribution is 2.25. The fourth-order valence-electron chi connectivity index (χ4n) is 4.41. The molecule has 0 amide bonds. The van der Waals surface area contributed by atoms with E-state index in [4.69, 9.17) is 4.74 Å². The third-order valence-corrected chi connectivity index (χ3v) is 7.22. The molecule has 0 bridgehead atoms. The van der Waals surface area contributed by atoms with Gasteiger partial charge in [0.25, 0.3) is 0 Å². The van der Waals surface area contributed by atoms with Crippen LogP contribution in [0.3, 0.4) is 0 Å². The van der Waals surface area contributed by atoms with Crippen molar-refractivity contribution in [2.75, 3.05) is 57.9 Å². The first-order valence-corrected chi connectivity index (χ1v) is 12.2. The zero-order valence-electron chi connectivity index (χ0n) is 18.7. The Hall–Kier alpha value is -2.09. The summed E-state index contributed by atoms with van der Waals surface area (Å²) < 4.78 is 5.59. The van der Waals surface area contributed by atoms with Crippen LogP contribution in [0.1, 0.15) is 30.0 Å². The lowest BCUT2D eigenvalue weighted by atomic mass is 10.0. The highest BCUT2D eigenvalue weighted by molar-refractivity contribution is 7.14. The van der Waals surface area contributed by atoms with Crippen molar-refractivity contribution in [3.8, 4) is 0 Å². The van der Waals surface area contributed by atoms with Crippen LogP contribution < -0.4 is 15.5 Å². The molecule has 2 saturated heterocycles. The van der Waals surface area contributed by atoms with Crippen molar-refractivity contribution < 1.29 is 4.74 Å². The lowest BCUT2D eigenvalue weighted by Crippen LogP contribution is -2.50. The van der Waals surface area contributed by atoms with E-state index in [1.807, 2.05) is 18.4 Å². The maximum absolute atomic E-state index is 5.59. The lowest BCUT2D eigenvalue weighted by molar-refractivity contribution is 0.0170. The molecule has 0 aliphatic carbocycles. The minimum absolute atomic E-state index is 0.309. The number of aliphatic imine (C=N–C) groups is 1. The maximum atomic E-state index is 5.59. The van der Waals surface area contributed by atoms with Gasteiger partial charge in [0.15, 0.2) is 5.96 Å². The zero-order valence-corrected chi connectivity index (χ0v) is 19.5. The van der Waals surface area contributed by atoms with Gasteiger partial charge in [-0.2, -0.15) is 0 Å². The largest absolute Gasteiger partial charge is 0.379 e. The normalized spacial score (nSPS) is 19.9. The van der Waals surface area contributed by atoms with Crippen LogP contribution in [0.5, 0.6) is 0 Å². The van der Waals surface area contributed by atoms with E-state index in [0.29, 0.717) is 12.1 Å². The van der Waals surface area contributed by atoms with Gasteiger partial charge in [-0.3, -0.25) is 9.89 Å². The number of ether oxygens (including phenoxy) is 1. The number of thiophene rings is 1. The van der Waals surface area contributed by atoms with Crippen molar-refractivity contribution in [2.24, 2.45) is 4.99 Å². The first-order valence-electron chi connectivity index (χ1n) is 11.4. The lowest BCUT2D eigenvalue weighted by Gasteiger charge is -2.36. The summed E-state index contributed by atoms with van der Waals surface area (Å²) >= 11 is 1.83.